The summed E-state index contributed by atoms with van der Waals surface area (Å²) in [5.74, 6) is 0.703. The van der Waals surface area contributed by atoms with E-state index in [9.17, 15) is 4.79 Å². The zero-order valence-electron chi connectivity index (χ0n) is 14.0. The SMILES string of the molecule is CC.Cc1cnc(C2CCCN2C(=O)OC(C)(C)C)nc1. The van der Waals surface area contributed by atoms with Gasteiger partial charge in [0.25, 0.3) is 0 Å². The maximum atomic E-state index is 12.2. The maximum Gasteiger partial charge on any atom is 0.410 e. The number of hydrogen-bond donors (Lipinski definition) is 0. The lowest BCUT2D eigenvalue weighted by Gasteiger charge is -2.27. The molecule has 1 unspecified atom stereocenters. The van der Waals surface area contributed by atoms with Crippen LogP contribution < -0.4 is 0 Å². The van der Waals surface area contributed by atoms with Crippen molar-refractivity contribution in [2.45, 2.75) is 66.0 Å². The van der Waals surface area contributed by atoms with Crippen molar-refractivity contribution in [1.29, 1.82) is 0 Å². The van der Waals surface area contributed by atoms with Crippen LogP contribution in [-0.2, 0) is 4.74 Å². The average molecular weight is 293 g/mol. The first-order chi connectivity index (χ1) is 9.87. The Morgan fingerprint density at radius 2 is 1.86 bits per heavy atom. The first-order valence-corrected chi connectivity index (χ1v) is 7.65. The van der Waals surface area contributed by atoms with Gasteiger partial charge in [-0.3, -0.25) is 4.90 Å². The summed E-state index contributed by atoms with van der Waals surface area (Å²) >= 11 is 0. The molecule has 1 aromatic rings. The second-order valence-electron chi connectivity index (χ2n) is 5.95. The van der Waals surface area contributed by atoms with E-state index < -0.39 is 5.60 Å². The van der Waals surface area contributed by atoms with Crippen molar-refractivity contribution in [1.82, 2.24) is 14.9 Å². The zero-order chi connectivity index (χ0) is 16.0. The second-order valence-corrected chi connectivity index (χ2v) is 5.95. The Labute approximate surface area is 127 Å². The summed E-state index contributed by atoms with van der Waals surface area (Å²) in [6.07, 6.45) is 5.14. The van der Waals surface area contributed by atoms with Gasteiger partial charge < -0.3 is 4.74 Å². The minimum Gasteiger partial charge on any atom is -0.444 e. The highest BCUT2D eigenvalue weighted by Crippen LogP contribution is 2.30. The smallest absolute Gasteiger partial charge is 0.410 e. The van der Waals surface area contributed by atoms with Crippen molar-refractivity contribution in [3.63, 3.8) is 0 Å². The molecule has 21 heavy (non-hydrogen) atoms. The Morgan fingerprint density at radius 3 is 2.38 bits per heavy atom. The lowest BCUT2D eigenvalue weighted by Crippen LogP contribution is -2.36. The highest BCUT2D eigenvalue weighted by atomic mass is 16.6. The third-order valence-electron chi connectivity index (χ3n) is 2.98. The minimum absolute atomic E-state index is 0.0598. The minimum atomic E-state index is -0.474. The van der Waals surface area contributed by atoms with Crippen molar-refractivity contribution in [2.75, 3.05) is 6.54 Å². The van der Waals surface area contributed by atoms with E-state index >= 15 is 0 Å². The van der Waals surface area contributed by atoms with Crippen molar-refractivity contribution in [2.24, 2.45) is 0 Å². The summed E-state index contributed by atoms with van der Waals surface area (Å²) in [6, 6.07) is -0.0598. The van der Waals surface area contributed by atoms with E-state index in [4.69, 9.17) is 4.74 Å². The van der Waals surface area contributed by atoms with Crippen LogP contribution in [0.4, 0.5) is 4.79 Å². The van der Waals surface area contributed by atoms with Gasteiger partial charge in [-0.2, -0.15) is 0 Å². The molecular formula is C16H27N3O2. The number of carbonyl (C=O) groups is 1. The quantitative estimate of drug-likeness (QED) is 0.788. The molecular weight excluding hydrogens is 266 g/mol. The van der Waals surface area contributed by atoms with Gasteiger partial charge in [0.15, 0.2) is 5.82 Å². The maximum absolute atomic E-state index is 12.2. The fourth-order valence-corrected chi connectivity index (χ4v) is 2.15. The summed E-state index contributed by atoms with van der Waals surface area (Å²) in [5, 5.41) is 0. The van der Waals surface area contributed by atoms with Crippen molar-refractivity contribution in [3.05, 3.63) is 23.8 Å². The van der Waals surface area contributed by atoms with Crippen LogP contribution in [0.2, 0.25) is 0 Å². The predicted molar refractivity (Wildman–Crippen MR) is 83.0 cm³/mol. The molecule has 1 atom stereocenters. The molecule has 0 aromatic carbocycles. The zero-order valence-corrected chi connectivity index (χ0v) is 14.0. The molecule has 0 saturated carbocycles. The molecule has 1 fully saturated rings. The summed E-state index contributed by atoms with van der Waals surface area (Å²) in [7, 11) is 0. The van der Waals surface area contributed by atoms with E-state index in [0.717, 1.165) is 18.4 Å². The van der Waals surface area contributed by atoms with Gasteiger partial charge in [0.2, 0.25) is 0 Å². The molecule has 0 spiro atoms. The van der Waals surface area contributed by atoms with E-state index in [-0.39, 0.29) is 12.1 Å². The lowest BCUT2D eigenvalue weighted by atomic mass is 10.2. The van der Waals surface area contributed by atoms with E-state index in [1.54, 1.807) is 17.3 Å². The van der Waals surface area contributed by atoms with Gasteiger partial charge in [0.05, 0.1) is 6.04 Å². The molecule has 2 rings (SSSR count). The van der Waals surface area contributed by atoms with Crippen LogP contribution in [0.15, 0.2) is 12.4 Å². The number of carbonyl (C=O) groups excluding carboxylic acids is 1. The van der Waals surface area contributed by atoms with Crippen molar-refractivity contribution < 1.29 is 9.53 Å². The van der Waals surface area contributed by atoms with E-state index in [2.05, 4.69) is 9.97 Å². The number of aromatic nitrogens is 2. The Hall–Kier alpha value is -1.65. The van der Waals surface area contributed by atoms with Gasteiger partial charge in [0.1, 0.15) is 5.60 Å². The topological polar surface area (TPSA) is 55.3 Å². The molecule has 1 aliphatic heterocycles. The van der Waals surface area contributed by atoms with Gasteiger partial charge in [-0.1, -0.05) is 13.8 Å². The second kappa shape index (κ2) is 7.38. The van der Waals surface area contributed by atoms with Crippen molar-refractivity contribution >= 4 is 6.09 Å². The van der Waals surface area contributed by atoms with Crippen LogP contribution in [0.25, 0.3) is 0 Å². The van der Waals surface area contributed by atoms with Gasteiger partial charge in [-0.05, 0) is 46.1 Å². The van der Waals surface area contributed by atoms with E-state index in [1.807, 2.05) is 41.5 Å². The third-order valence-corrected chi connectivity index (χ3v) is 2.98. The number of rotatable bonds is 1. The highest BCUT2D eigenvalue weighted by Gasteiger charge is 2.34. The van der Waals surface area contributed by atoms with Gasteiger partial charge in [-0.25, -0.2) is 14.8 Å². The molecule has 0 bridgehead atoms. The van der Waals surface area contributed by atoms with Crippen LogP contribution in [0.1, 0.15) is 64.9 Å². The Morgan fingerprint density at radius 1 is 1.29 bits per heavy atom. The average Bonchev–Trinajstić information content (AvgIpc) is 2.89. The number of likely N-dealkylation sites (tertiary alicyclic amines) is 1. The first-order valence-electron chi connectivity index (χ1n) is 7.65. The molecule has 1 aromatic heterocycles. The molecule has 1 aliphatic rings. The molecule has 0 radical (unpaired) electrons. The highest BCUT2D eigenvalue weighted by molar-refractivity contribution is 5.69. The summed E-state index contributed by atoms with van der Waals surface area (Å²) in [5.41, 5.74) is 0.545. The molecule has 0 aliphatic carbocycles. The van der Waals surface area contributed by atoms with E-state index in [0.29, 0.717) is 12.4 Å². The third kappa shape index (κ3) is 4.99. The van der Waals surface area contributed by atoms with Gasteiger partial charge >= 0.3 is 6.09 Å². The fraction of sp³-hybridized carbons (Fsp3) is 0.688. The van der Waals surface area contributed by atoms with Crippen molar-refractivity contribution in [3.8, 4) is 0 Å². The van der Waals surface area contributed by atoms with Crippen LogP contribution in [-0.4, -0.2) is 33.1 Å². The predicted octanol–water partition coefficient (Wildman–Crippen LogP) is 3.88. The summed E-state index contributed by atoms with van der Waals surface area (Å²) < 4.78 is 5.43. The van der Waals surface area contributed by atoms with Gasteiger partial charge in [0, 0.05) is 18.9 Å². The molecule has 0 N–H and O–H groups in total. The normalized spacial score (nSPS) is 18.0. The summed E-state index contributed by atoms with van der Waals surface area (Å²) in [6.45, 7) is 12.3. The Kier molecular flexibility index (Phi) is 6.12. The van der Waals surface area contributed by atoms with E-state index in [1.165, 1.54) is 0 Å². The molecule has 1 amide bonds. The molecule has 5 heteroatoms. The number of nitrogens with zero attached hydrogens (tertiary/aromatic N) is 3. The number of aryl methyl sites for hydroxylation is 1. The molecule has 5 nitrogen and oxygen atoms in total. The first kappa shape index (κ1) is 17.4. The molecule has 1 saturated heterocycles. The Balaban J connectivity index is 0.00000106. The molecule has 118 valence electrons. The monoisotopic (exact) mass is 293 g/mol. The number of ether oxygens (including phenoxy) is 1. The number of amides is 1. The van der Waals surface area contributed by atoms with Crippen LogP contribution >= 0.6 is 0 Å². The lowest BCUT2D eigenvalue weighted by molar-refractivity contribution is 0.0218. The largest absolute Gasteiger partial charge is 0.444 e. The Bertz CT molecular complexity index is 452. The van der Waals surface area contributed by atoms with Crippen LogP contribution in [0.3, 0.4) is 0 Å². The summed E-state index contributed by atoms with van der Waals surface area (Å²) in [4.78, 5) is 22.5. The standard InChI is InChI=1S/C14H21N3O2.C2H6/c1-10-8-15-12(16-9-10)11-6-5-7-17(11)13(18)19-14(2,3)4;1-2/h8-9,11H,5-7H2,1-4H3;1-2H3. The number of hydrogen-bond acceptors (Lipinski definition) is 4. The van der Waals surface area contributed by atoms with Gasteiger partial charge in [-0.15, -0.1) is 0 Å². The fourth-order valence-electron chi connectivity index (χ4n) is 2.15. The molecule has 2 heterocycles. The van der Waals surface area contributed by atoms with Crippen LogP contribution in [0.5, 0.6) is 0 Å². The van der Waals surface area contributed by atoms with Crippen LogP contribution in [0, 0.1) is 6.92 Å².